The quantitative estimate of drug-likeness (QED) is 0.125. The molecule has 2 saturated heterocycles. The largest absolute Gasteiger partial charge is 0.453 e. The van der Waals surface area contributed by atoms with Gasteiger partial charge in [0, 0.05) is 13.0 Å². The van der Waals surface area contributed by atoms with Crippen LogP contribution in [-0.4, -0.2) is 65.6 Å². The monoisotopic (exact) mass is 793 g/mol. The van der Waals surface area contributed by atoms with Crippen LogP contribution in [0, 0.1) is 5.82 Å². The molecule has 3 heterocycles. The fourth-order valence-electron chi connectivity index (χ4n) is 8.00. The number of aromatic nitrogens is 2. The molecule has 0 unspecified atom stereocenters. The third kappa shape index (κ3) is 8.49. The Kier molecular flexibility index (Phi) is 11.6. The zero-order valence-electron chi connectivity index (χ0n) is 32.7. The van der Waals surface area contributed by atoms with Gasteiger partial charge in [-0.3, -0.25) is 19.2 Å². The Morgan fingerprint density at radius 1 is 0.877 bits per heavy atom. The lowest BCUT2D eigenvalue weighted by Crippen LogP contribution is -2.67. The number of esters is 1. The van der Waals surface area contributed by atoms with E-state index in [2.05, 4.69) is 45.0 Å². The van der Waals surface area contributed by atoms with Gasteiger partial charge in [-0.1, -0.05) is 130 Å². The zero-order valence-corrected chi connectivity index (χ0v) is 33.7. The van der Waals surface area contributed by atoms with E-state index in [1.165, 1.54) is 0 Å². The Labute approximate surface area is 332 Å². The van der Waals surface area contributed by atoms with Gasteiger partial charge in [-0.2, -0.15) is 9.45 Å². The Balaban J connectivity index is 1.31. The summed E-state index contributed by atoms with van der Waals surface area (Å²) < 4.78 is 42.9. The van der Waals surface area contributed by atoms with Crippen LogP contribution in [0.3, 0.4) is 0 Å². The van der Waals surface area contributed by atoms with Gasteiger partial charge < -0.3 is 18.6 Å². The van der Waals surface area contributed by atoms with Gasteiger partial charge >= 0.3 is 11.7 Å². The van der Waals surface area contributed by atoms with Crippen molar-refractivity contribution in [3.8, 4) is 0 Å². The molecule has 298 valence electrons. The van der Waals surface area contributed by atoms with Crippen LogP contribution in [0.25, 0.3) is 0 Å². The Morgan fingerprint density at radius 2 is 1.44 bits per heavy atom. The number of carbonyl (C=O) groups is 1. The van der Waals surface area contributed by atoms with Gasteiger partial charge in [0.1, 0.15) is 12.2 Å². The molecule has 5 aromatic rings. The van der Waals surface area contributed by atoms with E-state index in [9.17, 15) is 18.8 Å². The number of nitrogens with zero attached hydrogens (tertiary/aromatic N) is 2. The van der Waals surface area contributed by atoms with Crippen molar-refractivity contribution in [3.63, 3.8) is 0 Å². The zero-order chi connectivity index (χ0) is 40.4. The highest BCUT2D eigenvalue weighted by molar-refractivity contribution is 6.99. The molecule has 2 aliphatic heterocycles. The fourth-order valence-corrected chi connectivity index (χ4v) is 12.6. The summed E-state index contributed by atoms with van der Waals surface area (Å²) in [6, 6.07) is 38.1. The van der Waals surface area contributed by atoms with E-state index in [0.717, 1.165) is 26.7 Å². The lowest BCUT2D eigenvalue weighted by atomic mass is 9.98. The minimum atomic E-state index is -3.14. The van der Waals surface area contributed by atoms with Gasteiger partial charge in [-0.25, -0.2) is 9.59 Å². The number of rotatable bonds is 12. The van der Waals surface area contributed by atoms with Crippen molar-refractivity contribution in [2.24, 2.45) is 0 Å². The minimum Gasteiger partial charge on any atom is -0.453 e. The highest BCUT2D eigenvalue weighted by Gasteiger charge is 2.56. The van der Waals surface area contributed by atoms with Gasteiger partial charge in [-0.05, 0) is 47.0 Å². The predicted octanol–water partition coefficient (Wildman–Crippen LogP) is 5.70. The number of aromatic amines is 1. The van der Waals surface area contributed by atoms with E-state index < -0.39 is 67.7 Å². The molecule has 0 bridgehead atoms. The van der Waals surface area contributed by atoms with Gasteiger partial charge in [0.25, 0.3) is 13.9 Å². The molecule has 7 rings (SSSR count). The summed E-state index contributed by atoms with van der Waals surface area (Å²) in [6.07, 6.45) is -2.74. The molecular weight excluding hydrogens is 746 g/mol. The summed E-state index contributed by atoms with van der Waals surface area (Å²) in [4.78, 5) is 47.4. The summed E-state index contributed by atoms with van der Waals surface area (Å²) in [5, 5.41) is 3.42. The molecule has 57 heavy (non-hydrogen) atoms. The second-order valence-corrected chi connectivity index (χ2v) is 20.2. The second-order valence-electron chi connectivity index (χ2n) is 15.9. The highest BCUT2D eigenvalue weighted by atomic mass is 28.4. The Bertz CT molecular complexity index is 2210. The predicted molar refractivity (Wildman–Crippen MR) is 215 cm³/mol. The van der Waals surface area contributed by atoms with Crippen LogP contribution in [-0.2, 0) is 30.0 Å². The Hall–Kier alpha value is -5.02. The molecule has 13 heteroatoms. The number of halogens is 1. The maximum Gasteiger partial charge on any atom is 0.338 e. The van der Waals surface area contributed by atoms with E-state index in [0.29, 0.717) is 5.56 Å². The summed E-state index contributed by atoms with van der Waals surface area (Å²) in [7, 11) is -3.14. The van der Waals surface area contributed by atoms with Gasteiger partial charge in [0.15, 0.2) is 18.1 Å². The molecule has 0 saturated carbocycles. The second kappa shape index (κ2) is 16.5. The minimum absolute atomic E-state index is 0.0489. The fraction of sp³-hybridized carbons (Fsp3) is 0.341. The molecule has 2 aliphatic rings. The van der Waals surface area contributed by atoms with E-state index in [1.54, 1.807) is 43.2 Å². The molecule has 0 radical (unpaired) electrons. The summed E-state index contributed by atoms with van der Waals surface area (Å²) in [5.74, 6) is -2.83. The van der Waals surface area contributed by atoms with Crippen molar-refractivity contribution >= 4 is 24.7 Å². The van der Waals surface area contributed by atoms with Crippen LogP contribution in [0.15, 0.2) is 137 Å². The number of hydroxylamine groups is 2. The van der Waals surface area contributed by atoms with Crippen molar-refractivity contribution in [1.82, 2.24) is 14.6 Å². The third-order valence-electron chi connectivity index (χ3n) is 10.5. The average Bonchev–Trinajstić information content (AvgIpc) is 3.76. The lowest BCUT2D eigenvalue weighted by Gasteiger charge is -2.44. The first kappa shape index (κ1) is 40.2. The number of hydrogen-bond acceptors (Lipinski definition) is 9. The standard InChI is InChI=1S/C44H48FN3O8Si/c1-43(2,3)57(32-22-14-8-15-23-32,33-24-16-9-17-25-33)52-29-36(53-41(50)31-20-12-7-13-21-31)39-38(54-44(4,5)55-39)35-26-37(47-28-34(45)40(49)46-42(47)51)56-48(35)27-30-18-10-6-11-19-30/h6-25,28,35-39H,26-27,29H2,1-5H3,(H,46,49,51)/t35-,36+,37+,38-,39-/m0/s1. The van der Waals surface area contributed by atoms with Crippen molar-refractivity contribution in [1.29, 1.82) is 0 Å². The topological polar surface area (TPSA) is 121 Å². The van der Waals surface area contributed by atoms with Crippen molar-refractivity contribution in [3.05, 3.63) is 165 Å². The number of hydrogen-bond donors (Lipinski definition) is 1. The number of nitrogens with one attached hydrogen (secondary N) is 1. The van der Waals surface area contributed by atoms with Gasteiger partial charge in [0.05, 0.1) is 24.4 Å². The summed E-state index contributed by atoms with van der Waals surface area (Å²) >= 11 is 0. The number of ether oxygens (including phenoxy) is 3. The SMILES string of the molecule is CC1(C)O[C@@H]([C@@H](CO[Si](c2ccccc2)(c2ccccc2)C(C)(C)C)OC(=O)c2ccccc2)[C@H]([C@@H]2C[C@H](n3cc(F)c(=O)[nH]c3=O)ON2Cc2ccccc2)O1. The maximum absolute atomic E-state index is 14.6. The molecule has 11 nitrogen and oxygen atoms in total. The summed E-state index contributed by atoms with van der Waals surface area (Å²) in [6.45, 7) is 10.3. The number of H-pyrrole nitrogens is 1. The van der Waals surface area contributed by atoms with Crippen molar-refractivity contribution in [2.45, 2.75) is 89.0 Å². The summed E-state index contributed by atoms with van der Waals surface area (Å²) in [5.41, 5.74) is -0.678. The van der Waals surface area contributed by atoms with E-state index in [1.807, 2.05) is 77.8 Å². The maximum atomic E-state index is 14.6. The number of benzene rings is 4. The Morgan fingerprint density at radius 3 is 2.02 bits per heavy atom. The number of carbonyl (C=O) groups excluding carboxylic acids is 1. The average molecular weight is 794 g/mol. The van der Waals surface area contributed by atoms with Crippen LogP contribution >= 0.6 is 0 Å². The molecule has 0 amide bonds. The molecule has 5 atom stereocenters. The first-order chi connectivity index (χ1) is 27.3. The molecule has 4 aromatic carbocycles. The first-order valence-electron chi connectivity index (χ1n) is 19.1. The third-order valence-corrected chi connectivity index (χ3v) is 15.5. The van der Waals surface area contributed by atoms with Crippen molar-refractivity contribution in [2.75, 3.05) is 6.61 Å². The molecular formula is C44H48FN3O8Si. The van der Waals surface area contributed by atoms with E-state index in [-0.39, 0.29) is 24.6 Å². The normalized spacial score (nSPS) is 21.6. The van der Waals surface area contributed by atoms with Crippen molar-refractivity contribution < 1.29 is 32.7 Å². The molecule has 1 N–H and O–H groups in total. The van der Waals surface area contributed by atoms with Crippen LogP contribution in [0.5, 0.6) is 0 Å². The van der Waals surface area contributed by atoms with Crippen LogP contribution in [0.2, 0.25) is 5.04 Å². The van der Waals surface area contributed by atoms with E-state index in [4.69, 9.17) is 23.5 Å². The smallest absolute Gasteiger partial charge is 0.338 e. The molecule has 0 spiro atoms. The molecule has 1 aromatic heterocycles. The van der Waals surface area contributed by atoms with Gasteiger partial charge in [-0.15, -0.1) is 0 Å². The first-order valence-corrected chi connectivity index (χ1v) is 21.0. The molecule has 0 aliphatic carbocycles. The van der Waals surface area contributed by atoms with Crippen LogP contribution in [0.1, 0.15) is 63.2 Å². The highest BCUT2D eigenvalue weighted by Crippen LogP contribution is 2.42. The van der Waals surface area contributed by atoms with Gasteiger partial charge in [0.2, 0.25) is 5.82 Å². The lowest BCUT2D eigenvalue weighted by molar-refractivity contribution is -0.210. The molecule has 2 fully saturated rings. The van der Waals surface area contributed by atoms with E-state index >= 15 is 0 Å². The van der Waals surface area contributed by atoms with Crippen LogP contribution < -0.4 is 21.6 Å². The van der Waals surface area contributed by atoms with Crippen LogP contribution in [0.4, 0.5) is 4.39 Å².